The Bertz CT molecular complexity index is 1440. The number of aliphatic hydroxyl groups is 1. The van der Waals surface area contributed by atoms with Crippen molar-refractivity contribution >= 4 is 12.2 Å². The van der Waals surface area contributed by atoms with Gasteiger partial charge in [0.15, 0.2) is 23.2 Å². The van der Waals surface area contributed by atoms with E-state index in [2.05, 4.69) is 6.58 Å². The van der Waals surface area contributed by atoms with Gasteiger partial charge >= 0.3 is 0 Å². The zero-order chi connectivity index (χ0) is 26.5. The Morgan fingerprint density at radius 3 is 1.89 bits per heavy atom. The smallest absolute Gasteiger partial charge is 0.201 e. The monoisotopic (exact) mass is 504 g/mol. The molecular formula is C31H24F4O2. The van der Waals surface area contributed by atoms with Gasteiger partial charge in [-0.1, -0.05) is 85.5 Å². The van der Waals surface area contributed by atoms with Crippen LogP contribution in [0.5, 0.6) is 5.75 Å². The van der Waals surface area contributed by atoms with Crippen molar-refractivity contribution in [2.75, 3.05) is 6.61 Å². The van der Waals surface area contributed by atoms with E-state index >= 15 is 0 Å². The van der Waals surface area contributed by atoms with E-state index in [1.165, 1.54) is 36.4 Å². The highest BCUT2D eigenvalue weighted by molar-refractivity contribution is 5.74. The summed E-state index contributed by atoms with van der Waals surface area (Å²) < 4.78 is 63.5. The molecular weight excluding hydrogens is 480 g/mol. The lowest BCUT2D eigenvalue weighted by Crippen LogP contribution is -1.99. The highest BCUT2D eigenvalue weighted by Gasteiger charge is 2.16. The minimum absolute atomic E-state index is 0.0566. The molecule has 0 aliphatic heterocycles. The van der Waals surface area contributed by atoms with Gasteiger partial charge in [0.25, 0.3) is 0 Å². The second-order valence-corrected chi connectivity index (χ2v) is 8.42. The van der Waals surface area contributed by atoms with Crippen LogP contribution in [0.25, 0.3) is 34.4 Å². The Balaban J connectivity index is 1.53. The fourth-order valence-corrected chi connectivity index (χ4v) is 3.83. The molecule has 6 heteroatoms. The molecule has 0 saturated heterocycles. The molecule has 0 spiro atoms. The number of benzene rings is 4. The molecule has 0 fully saturated rings. The minimum atomic E-state index is -1.08. The van der Waals surface area contributed by atoms with Crippen LogP contribution in [0.2, 0.25) is 0 Å². The topological polar surface area (TPSA) is 29.5 Å². The quantitative estimate of drug-likeness (QED) is 0.148. The first-order valence-electron chi connectivity index (χ1n) is 11.6. The highest BCUT2D eigenvalue weighted by atomic mass is 19.2. The zero-order valence-corrected chi connectivity index (χ0v) is 20.0. The Morgan fingerprint density at radius 1 is 0.730 bits per heavy atom. The maximum absolute atomic E-state index is 14.8. The van der Waals surface area contributed by atoms with Gasteiger partial charge in [0.05, 0.1) is 6.10 Å². The maximum Gasteiger partial charge on any atom is 0.201 e. The fraction of sp³-hybridized carbons (Fsp3) is 0.0968. The molecule has 0 aromatic heterocycles. The number of rotatable bonds is 8. The molecule has 0 bridgehead atoms. The molecule has 4 aromatic rings. The van der Waals surface area contributed by atoms with Crippen molar-refractivity contribution in [3.05, 3.63) is 125 Å². The van der Waals surface area contributed by atoms with Crippen LogP contribution in [0.15, 0.2) is 85.5 Å². The second kappa shape index (κ2) is 11.3. The molecule has 0 heterocycles. The van der Waals surface area contributed by atoms with Crippen molar-refractivity contribution in [1.29, 1.82) is 0 Å². The Kier molecular flexibility index (Phi) is 7.89. The molecule has 1 N–H and O–H groups in total. The van der Waals surface area contributed by atoms with E-state index in [-0.39, 0.29) is 29.0 Å². The summed E-state index contributed by atoms with van der Waals surface area (Å²) in [5.41, 5.74) is 2.54. The summed E-state index contributed by atoms with van der Waals surface area (Å²) in [4.78, 5) is 0. The van der Waals surface area contributed by atoms with Crippen LogP contribution in [0.3, 0.4) is 0 Å². The SMILES string of the molecule is C=CCOc1ccc(-c2ccc(/C=C/c3ccc(-c4ccc(C(C)O)cc4)c(F)c3F)cc2)c(F)c1F. The summed E-state index contributed by atoms with van der Waals surface area (Å²) in [7, 11) is 0. The van der Waals surface area contributed by atoms with E-state index in [4.69, 9.17) is 4.74 Å². The van der Waals surface area contributed by atoms with Crippen molar-refractivity contribution in [3.8, 4) is 28.0 Å². The van der Waals surface area contributed by atoms with Gasteiger partial charge in [-0.2, -0.15) is 4.39 Å². The molecule has 4 aromatic carbocycles. The van der Waals surface area contributed by atoms with Gasteiger partial charge in [0, 0.05) is 16.7 Å². The van der Waals surface area contributed by atoms with Crippen molar-refractivity contribution in [3.63, 3.8) is 0 Å². The van der Waals surface area contributed by atoms with E-state index in [9.17, 15) is 22.7 Å². The lowest BCUT2D eigenvalue weighted by molar-refractivity contribution is 0.199. The number of hydrogen-bond donors (Lipinski definition) is 1. The van der Waals surface area contributed by atoms with Gasteiger partial charge in [-0.25, -0.2) is 13.2 Å². The maximum atomic E-state index is 14.8. The lowest BCUT2D eigenvalue weighted by Gasteiger charge is -2.10. The Labute approximate surface area is 212 Å². The zero-order valence-electron chi connectivity index (χ0n) is 20.0. The van der Waals surface area contributed by atoms with Crippen LogP contribution < -0.4 is 4.74 Å². The molecule has 1 unspecified atom stereocenters. The van der Waals surface area contributed by atoms with Gasteiger partial charge in [0.2, 0.25) is 5.82 Å². The summed E-state index contributed by atoms with van der Waals surface area (Å²) in [5.74, 6) is -4.26. The summed E-state index contributed by atoms with van der Waals surface area (Å²) in [6.45, 7) is 5.16. The van der Waals surface area contributed by atoms with Crippen molar-refractivity contribution < 1.29 is 27.4 Å². The van der Waals surface area contributed by atoms with E-state index in [0.29, 0.717) is 22.3 Å². The molecule has 1 atom stereocenters. The predicted molar refractivity (Wildman–Crippen MR) is 139 cm³/mol. The minimum Gasteiger partial charge on any atom is -0.486 e. The van der Waals surface area contributed by atoms with Crippen molar-refractivity contribution in [2.45, 2.75) is 13.0 Å². The summed E-state index contributed by atoms with van der Waals surface area (Å²) in [6.07, 6.45) is 3.82. The molecule has 188 valence electrons. The van der Waals surface area contributed by atoms with Gasteiger partial charge in [0.1, 0.15) is 6.61 Å². The third kappa shape index (κ3) is 5.65. The van der Waals surface area contributed by atoms with E-state index in [0.717, 1.165) is 0 Å². The molecule has 0 saturated carbocycles. The van der Waals surface area contributed by atoms with Crippen LogP contribution >= 0.6 is 0 Å². The average molecular weight is 505 g/mol. The molecule has 37 heavy (non-hydrogen) atoms. The Hall–Kier alpha value is -4.16. The molecule has 0 aliphatic carbocycles. The summed E-state index contributed by atoms with van der Waals surface area (Å²) >= 11 is 0. The lowest BCUT2D eigenvalue weighted by atomic mass is 9.99. The number of aliphatic hydroxyl groups excluding tert-OH is 1. The molecule has 0 aliphatic rings. The van der Waals surface area contributed by atoms with Crippen LogP contribution in [0, 0.1) is 23.3 Å². The Morgan fingerprint density at radius 2 is 1.30 bits per heavy atom. The van der Waals surface area contributed by atoms with Crippen molar-refractivity contribution in [1.82, 2.24) is 0 Å². The first kappa shape index (κ1) is 25.9. The highest BCUT2D eigenvalue weighted by Crippen LogP contribution is 2.31. The molecule has 0 radical (unpaired) electrons. The van der Waals surface area contributed by atoms with Crippen LogP contribution in [-0.2, 0) is 0 Å². The van der Waals surface area contributed by atoms with Gasteiger partial charge in [-0.15, -0.1) is 0 Å². The van der Waals surface area contributed by atoms with Gasteiger partial charge < -0.3 is 9.84 Å². The number of halogens is 4. The summed E-state index contributed by atoms with van der Waals surface area (Å²) in [5, 5.41) is 9.62. The second-order valence-electron chi connectivity index (χ2n) is 8.42. The van der Waals surface area contributed by atoms with E-state index in [1.54, 1.807) is 61.5 Å². The van der Waals surface area contributed by atoms with E-state index in [1.807, 2.05) is 0 Å². The van der Waals surface area contributed by atoms with Gasteiger partial charge in [-0.05, 0) is 41.3 Å². The van der Waals surface area contributed by atoms with Gasteiger partial charge in [-0.3, -0.25) is 0 Å². The van der Waals surface area contributed by atoms with Crippen molar-refractivity contribution in [2.24, 2.45) is 0 Å². The number of hydrogen-bond acceptors (Lipinski definition) is 2. The molecule has 4 rings (SSSR count). The van der Waals surface area contributed by atoms with E-state index < -0.39 is 29.4 Å². The third-order valence-corrected chi connectivity index (χ3v) is 5.90. The third-order valence-electron chi connectivity index (χ3n) is 5.90. The number of ether oxygens (including phenoxy) is 1. The van der Waals surface area contributed by atoms with Crippen LogP contribution in [0.4, 0.5) is 17.6 Å². The normalized spacial score (nSPS) is 12.1. The van der Waals surface area contributed by atoms with Crippen LogP contribution in [0.1, 0.15) is 29.7 Å². The first-order valence-corrected chi connectivity index (χ1v) is 11.6. The van der Waals surface area contributed by atoms with Crippen LogP contribution in [-0.4, -0.2) is 11.7 Å². The molecule has 0 amide bonds. The predicted octanol–water partition coefficient (Wildman–Crippen LogP) is 8.37. The fourth-order valence-electron chi connectivity index (χ4n) is 3.83. The largest absolute Gasteiger partial charge is 0.486 e. The standard InChI is InChI=1S/C31H24F4O2/c1-3-18-37-27-17-16-26(30(34)31(27)35)22-7-4-20(5-8-22)6-9-24-14-15-25(29(33)28(24)32)23-12-10-21(11-13-23)19(2)36/h3-17,19,36H,1,18H2,2H3/b9-6+. The molecule has 2 nitrogen and oxygen atoms in total. The summed E-state index contributed by atoms with van der Waals surface area (Å²) in [6, 6.07) is 18.9. The first-order chi connectivity index (χ1) is 17.8. The average Bonchev–Trinajstić information content (AvgIpc) is 2.91.